The van der Waals surface area contributed by atoms with Crippen LogP contribution in [0.5, 0.6) is 0 Å². The van der Waals surface area contributed by atoms with Gasteiger partial charge < -0.3 is 10.4 Å². The molecule has 2 fully saturated rings. The lowest BCUT2D eigenvalue weighted by Crippen LogP contribution is -2.30. The standard InChI is InChI=1S/C14H19NO/c16-12-7-11-9-15-14(13(11)8-12)6-10-4-2-1-3-5-10/h1-5,11-16H,6-9H2. The van der Waals surface area contributed by atoms with E-state index in [-0.39, 0.29) is 6.10 Å². The summed E-state index contributed by atoms with van der Waals surface area (Å²) in [6, 6.07) is 11.2. The summed E-state index contributed by atoms with van der Waals surface area (Å²) < 4.78 is 0. The third-order valence-corrected chi connectivity index (χ3v) is 4.18. The molecule has 0 radical (unpaired) electrons. The van der Waals surface area contributed by atoms with Crippen LogP contribution in [0, 0.1) is 11.8 Å². The third kappa shape index (κ3) is 1.87. The Morgan fingerprint density at radius 2 is 2.00 bits per heavy atom. The van der Waals surface area contributed by atoms with Crippen molar-refractivity contribution in [3.05, 3.63) is 35.9 Å². The van der Waals surface area contributed by atoms with Gasteiger partial charge in [-0.05, 0) is 43.2 Å². The van der Waals surface area contributed by atoms with E-state index in [0.717, 1.165) is 25.8 Å². The fraction of sp³-hybridized carbons (Fsp3) is 0.571. The van der Waals surface area contributed by atoms with Gasteiger partial charge in [-0.3, -0.25) is 0 Å². The van der Waals surface area contributed by atoms with E-state index in [9.17, 15) is 5.11 Å². The average molecular weight is 217 g/mol. The molecule has 1 saturated heterocycles. The zero-order chi connectivity index (χ0) is 11.0. The van der Waals surface area contributed by atoms with Crippen molar-refractivity contribution in [2.75, 3.05) is 6.54 Å². The zero-order valence-electron chi connectivity index (χ0n) is 9.47. The molecule has 0 aromatic heterocycles. The second kappa shape index (κ2) is 4.19. The Balaban J connectivity index is 1.68. The van der Waals surface area contributed by atoms with Crippen LogP contribution in [0.2, 0.25) is 0 Å². The highest BCUT2D eigenvalue weighted by Gasteiger charge is 2.42. The van der Waals surface area contributed by atoms with Gasteiger partial charge in [0, 0.05) is 6.04 Å². The largest absolute Gasteiger partial charge is 0.393 e. The van der Waals surface area contributed by atoms with Crippen molar-refractivity contribution in [1.82, 2.24) is 5.32 Å². The fourth-order valence-electron chi connectivity index (χ4n) is 3.40. The maximum atomic E-state index is 9.69. The van der Waals surface area contributed by atoms with E-state index in [4.69, 9.17) is 0 Å². The molecule has 1 aromatic carbocycles. The molecule has 2 aliphatic rings. The van der Waals surface area contributed by atoms with Gasteiger partial charge in [-0.1, -0.05) is 30.3 Å². The molecule has 86 valence electrons. The predicted molar refractivity (Wildman–Crippen MR) is 64.2 cm³/mol. The molecule has 1 aliphatic heterocycles. The number of aliphatic hydroxyl groups excluding tert-OH is 1. The minimum absolute atomic E-state index is 0.0460. The molecule has 2 heteroatoms. The van der Waals surface area contributed by atoms with E-state index in [0.29, 0.717) is 17.9 Å². The maximum Gasteiger partial charge on any atom is 0.0546 e. The van der Waals surface area contributed by atoms with Crippen LogP contribution in [0.25, 0.3) is 0 Å². The molecule has 4 unspecified atom stereocenters. The Morgan fingerprint density at radius 1 is 1.19 bits per heavy atom. The molecule has 2 nitrogen and oxygen atoms in total. The third-order valence-electron chi connectivity index (χ3n) is 4.18. The topological polar surface area (TPSA) is 32.3 Å². The van der Waals surface area contributed by atoms with Gasteiger partial charge in [0.15, 0.2) is 0 Å². The number of fused-ring (bicyclic) bond motifs is 1. The molecular weight excluding hydrogens is 198 g/mol. The van der Waals surface area contributed by atoms with E-state index in [2.05, 4.69) is 35.6 Å². The Labute approximate surface area is 96.7 Å². The number of hydrogen-bond acceptors (Lipinski definition) is 2. The van der Waals surface area contributed by atoms with Crippen LogP contribution >= 0.6 is 0 Å². The molecule has 0 spiro atoms. The summed E-state index contributed by atoms with van der Waals surface area (Å²) in [7, 11) is 0. The minimum atomic E-state index is -0.0460. The summed E-state index contributed by atoms with van der Waals surface area (Å²) in [5, 5.41) is 13.3. The van der Waals surface area contributed by atoms with Crippen molar-refractivity contribution in [3.63, 3.8) is 0 Å². The Hall–Kier alpha value is -0.860. The Morgan fingerprint density at radius 3 is 2.81 bits per heavy atom. The minimum Gasteiger partial charge on any atom is -0.393 e. The van der Waals surface area contributed by atoms with E-state index >= 15 is 0 Å². The van der Waals surface area contributed by atoms with Gasteiger partial charge in [0.1, 0.15) is 0 Å². The molecule has 3 rings (SSSR count). The van der Waals surface area contributed by atoms with Crippen molar-refractivity contribution in [2.45, 2.75) is 31.4 Å². The lowest BCUT2D eigenvalue weighted by Gasteiger charge is -2.18. The van der Waals surface area contributed by atoms with Gasteiger partial charge in [-0.15, -0.1) is 0 Å². The van der Waals surface area contributed by atoms with E-state index < -0.39 is 0 Å². The summed E-state index contributed by atoms with van der Waals surface area (Å²) in [6.45, 7) is 1.10. The molecule has 4 atom stereocenters. The van der Waals surface area contributed by atoms with E-state index in [1.54, 1.807) is 0 Å². The van der Waals surface area contributed by atoms with Crippen LogP contribution in [0.15, 0.2) is 30.3 Å². The molecule has 0 bridgehead atoms. The highest BCUT2D eigenvalue weighted by atomic mass is 16.3. The van der Waals surface area contributed by atoms with Crippen LogP contribution in [-0.2, 0) is 6.42 Å². The molecule has 1 heterocycles. The monoisotopic (exact) mass is 217 g/mol. The summed E-state index contributed by atoms with van der Waals surface area (Å²) in [6.07, 6.45) is 3.06. The molecule has 1 saturated carbocycles. The highest BCUT2D eigenvalue weighted by molar-refractivity contribution is 5.17. The molecule has 2 N–H and O–H groups in total. The van der Waals surface area contributed by atoms with Crippen LogP contribution in [0.3, 0.4) is 0 Å². The SMILES string of the molecule is OC1CC2CNC(Cc3ccccc3)C2C1. The number of aliphatic hydroxyl groups is 1. The molecular formula is C14H19NO. The van der Waals surface area contributed by atoms with Gasteiger partial charge in [-0.25, -0.2) is 0 Å². The second-order valence-corrected chi connectivity index (χ2v) is 5.25. The fourth-order valence-corrected chi connectivity index (χ4v) is 3.40. The van der Waals surface area contributed by atoms with Crippen LogP contribution in [0.4, 0.5) is 0 Å². The van der Waals surface area contributed by atoms with Gasteiger partial charge in [0.25, 0.3) is 0 Å². The molecule has 16 heavy (non-hydrogen) atoms. The predicted octanol–water partition coefficient (Wildman–Crippen LogP) is 1.59. The maximum absolute atomic E-state index is 9.69. The van der Waals surface area contributed by atoms with Gasteiger partial charge in [0.05, 0.1) is 6.10 Å². The van der Waals surface area contributed by atoms with Crippen molar-refractivity contribution in [3.8, 4) is 0 Å². The lowest BCUT2D eigenvalue weighted by molar-refractivity contribution is 0.169. The van der Waals surface area contributed by atoms with E-state index in [1.807, 2.05) is 0 Å². The summed E-state index contributed by atoms with van der Waals surface area (Å²) >= 11 is 0. The second-order valence-electron chi connectivity index (χ2n) is 5.25. The Kier molecular flexibility index (Phi) is 2.70. The van der Waals surface area contributed by atoms with Gasteiger partial charge >= 0.3 is 0 Å². The van der Waals surface area contributed by atoms with Crippen molar-refractivity contribution in [2.24, 2.45) is 11.8 Å². The van der Waals surface area contributed by atoms with Gasteiger partial charge in [0.2, 0.25) is 0 Å². The van der Waals surface area contributed by atoms with Crippen molar-refractivity contribution < 1.29 is 5.11 Å². The molecule has 1 aromatic rings. The first-order chi connectivity index (χ1) is 7.83. The first-order valence-corrected chi connectivity index (χ1v) is 6.28. The lowest BCUT2D eigenvalue weighted by atomic mass is 9.90. The van der Waals surface area contributed by atoms with Crippen molar-refractivity contribution in [1.29, 1.82) is 0 Å². The molecule has 0 amide bonds. The zero-order valence-corrected chi connectivity index (χ0v) is 9.47. The van der Waals surface area contributed by atoms with Crippen LogP contribution < -0.4 is 5.32 Å². The Bertz CT molecular complexity index is 351. The first kappa shape index (κ1) is 10.3. The number of nitrogens with one attached hydrogen (secondary N) is 1. The smallest absolute Gasteiger partial charge is 0.0546 e. The van der Waals surface area contributed by atoms with Crippen LogP contribution in [0.1, 0.15) is 18.4 Å². The van der Waals surface area contributed by atoms with Gasteiger partial charge in [-0.2, -0.15) is 0 Å². The van der Waals surface area contributed by atoms with Crippen molar-refractivity contribution >= 4 is 0 Å². The average Bonchev–Trinajstić information content (AvgIpc) is 2.81. The summed E-state index contributed by atoms with van der Waals surface area (Å²) in [5.74, 6) is 1.40. The summed E-state index contributed by atoms with van der Waals surface area (Å²) in [4.78, 5) is 0. The van der Waals surface area contributed by atoms with E-state index in [1.165, 1.54) is 5.56 Å². The number of benzene rings is 1. The summed E-state index contributed by atoms with van der Waals surface area (Å²) in [5.41, 5.74) is 1.40. The first-order valence-electron chi connectivity index (χ1n) is 6.28. The molecule has 1 aliphatic carbocycles. The normalized spacial score (nSPS) is 37.6. The number of hydrogen-bond donors (Lipinski definition) is 2. The quantitative estimate of drug-likeness (QED) is 0.788. The van der Waals surface area contributed by atoms with Crippen LogP contribution in [-0.4, -0.2) is 23.8 Å². The number of rotatable bonds is 2. The highest BCUT2D eigenvalue weighted by Crippen LogP contribution is 2.38.